The van der Waals surface area contributed by atoms with E-state index in [1.165, 1.54) is 18.2 Å². The Bertz CT molecular complexity index is 745. The summed E-state index contributed by atoms with van der Waals surface area (Å²) in [4.78, 5) is 10.2. The Morgan fingerprint density at radius 2 is 2.32 bits per heavy atom. The maximum atomic E-state index is 10.8. The highest BCUT2D eigenvalue weighted by Crippen LogP contribution is 2.24. The number of rotatable bonds is 5. The van der Waals surface area contributed by atoms with Crippen LogP contribution in [0.25, 0.3) is 0 Å². The van der Waals surface area contributed by atoms with Gasteiger partial charge in [-0.3, -0.25) is 14.8 Å². The molecule has 114 valence electrons. The highest BCUT2D eigenvalue weighted by atomic mass is 16.6. The summed E-state index contributed by atoms with van der Waals surface area (Å²) in [5.74, 6) is 0. The zero-order valence-corrected chi connectivity index (χ0v) is 12.1. The Hall–Kier alpha value is -2.92. The van der Waals surface area contributed by atoms with Gasteiger partial charge >= 0.3 is 0 Å². The molecule has 1 heterocycles. The minimum atomic E-state index is -1.16. The van der Waals surface area contributed by atoms with Crippen LogP contribution in [0.15, 0.2) is 30.6 Å². The molecule has 22 heavy (non-hydrogen) atoms. The topological polar surface area (TPSA) is 117 Å². The van der Waals surface area contributed by atoms with Gasteiger partial charge in [-0.1, -0.05) is 0 Å². The molecule has 1 atom stereocenters. The van der Waals surface area contributed by atoms with Gasteiger partial charge in [0, 0.05) is 37.1 Å². The van der Waals surface area contributed by atoms with E-state index in [0.717, 1.165) is 0 Å². The van der Waals surface area contributed by atoms with Crippen LogP contribution >= 0.6 is 0 Å². The van der Waals surface area contributed by atoms with Crippen LogP contribution in [0.5, 0.6) is 0 Å². The number of nitrogens with one attached hydrogen (secondary N) is 1. The Morgan fingerprint density at radius 1 is 1.59 bits per heavy atom. The van der Waals surface area contributed by atoms with Crippen molar-refractivity contribution in [2.24, 2.45) is 7.05 Å². The molecule has 0 unspecified atom stereocenters. The maximum Gasteiger partial charge on any atom is 0.287 e. The summed E-state index contributed by atoms with van der Waals surface area (Å²) in [5, 5.41) is 37.2. The minimum absolute atomic E-state index is 0.0315. The molecule has 0 aliphatic rings. The maximum absolute atomic E-state index is 10.8. The summed E-state index contributed by atoms with van der Waals surface area (Å²) >= 11 is 0. The van der Waals surface area contributed by atoms with Crippen molar-refractivity contribution in [3.05, 3.63) is 51.8 Å². The number of hydrogen-bond acceptors (Lipinski definition) is 6. The van der Waals surface area contributed by atoms with E-state index in [4.69, 9.17) is 5.26 Å². The van der Waals surface area contributed by atoms with E-state index in [-0.39, 0.29) is 17.8 Å². The number of benzene rings is 1. The van der Waals surface area contributed by atoms with Crippen molar-refractivity contribution >= 4 is 11.4 Å². The quantitative estimate of drug-likeness (QED) is 0.638. The number of aliphatic hydroxyl groups is 1. The number of aromatic nitrogens is 2. The molecule has 0 bridgehead atoms. The number of nitriles is 1. The number of nitro groups is 1. The second-order valence-electron chi connectivity index (χ2n) is 5.13. The molecule has 0 radical (unpaired) electrons. The lowest BCUT2D eigenvalue weighted by Crippen LogP contribution is -2.30. The molecule has 8 nitrogen and oxygen atoms in total. The number of nitro benzene ring substituents is 1. The Balaban J connectivity index is 2.15. The van der Waals surface area contributed by atoms with Gasteiger partial charge in [0.05, 0.1) is 11.1 Å². The van der Waals surface area contributed by atoms with Crippen LogP contribution in [0.2, 0.25) is 0 Å². The van der Waals surface area contributed by atoms with Crippen LogP contribution in [0.1, 0.15) is 18.1 Å². The van der Waals surface area contributed by atoms with E-state index in [0.29, 0.717) is 11.3 Å². The SMILES string of the molecule is Cn1cc([C@](C)(O)CNc2ccc([N+](=O)[O-])c(C#N)c2)cn1. The first kappa shape index (κ1) is 15.5. The molecule has 2 rings (SSSR count). The Morgan fingerprint density at radius 3 is 2.86 bits per heavy atom. The molecule has 2 N–H and O–H groups in total. The fourth-order valence-corrected chi connectivity index (χ4v) is 1.97. The lowest BCUT2D eigenvalue weighted by Gasteiger charge is -2.23. The molecular formula is C14H15N5O3. The molecule has 1 aromatic heterocycles. The van der Waals surface area contributed by atoms with E-state index in [2.05, 4.69) is 10.4 Å². The summed E-state index contributed by atoms with van der Waals surface area (Å²) in [6, 6.07) is 5.94. The molecule has 0 saturated carbocycles. The Labute approximate surface area is 126 Å². The smallest absolute Gasteiger partial charge is 0.287 e. The third-order valence-electron chi connectivity index (χ3n) is 3.28. The van der Waals surface area contributed by atoms with Gasteiger partial charge in [-0.15, -0.1) is 0 Å². The van der Waals surface area contributed by atoms with Crippen molar-refractivity contribution < 1.29 is 10.0 Å². The predicted octanol–water partition coefficient (Wildman–Crippen LogP) is 1.52. The molecule has 0 amide bonds. The highest BCUT2D eigenvalue weighted by Gasteiger charge is 2.24. The standard InChI is InChI=1S/C14H15N5O3/c1-14(20,11-7-17-18(2)8-11)9-16-12-3-4-13(19(21)22)10(5-12)6-15/h3-5,7-8,16,20H,9H2,1-2H3/t14-/m1/s1. The van der Waals surface area contributed by atoms with Crippen LogP contribution in [-0.4, -0.2) is 26.4 Å². The number of aryl methyl sites for hydroxylation is 1. The highest BCUT2D eigenvalue weighted by molar-refractivity contribution is 5.58. The Kier molecular flexibility index (Phi) is 4.10. The molecular weight excluding hydrogens is 286 g/mol. The number of hydrogen-bond donors (Lipinski definition) is 2. The van der Waals surface area contributed by atoms with E-state index in [1.54, 1.807) is 37.1 Å². The van der Waals surface area contributed by atoms with Crippen molar-refractivity contribution in [2.45, 2.75) is 12.5 Å². The number of nitrogens with zero attached hydrogens (tertiary/aromatic N) is 4. The molecule has 0 spiro atoms. The first-order valence-corrected chi connectivity index (χ1v) is 6.47. The van der Waals surface area contributed by atoms with Gasteiger partial charge in [0.1, 0.15) is 17.2 Å². The predicted molar refractivity (Wildman–Crippen MR) is 79.1 cm³/mol. The van der Waals surface area contributed by atoms with Crippen molar-refractivity contribution in [3.63, 3.8) is 0 Å². The first-order valence-electron chi connectivity index (χ1n) is 6.47. The normalized spacial score (nSPS) is 13.2. The van der Waals surface area contributed by atoms with Crippen LogP contribution in [-0.2, 0) is 12.6 Å². The monoisotopic (exact) mass is 301 g/mol. The zero-order chi connectivity index (χ0) is 16.3. The first-order chi connectivity index (χ1) is 10.3. The summed E-state index contributed by atoms with van der Waals surface area (Å²) in [6.07, 6.45) is 3.27. The van der Waals surface area contributed by atoms with Gasteiger partial charge in [-0.05, 0) is 19.1 Å². The van der Waals surface area contributed by atoms with E-state index in [9.17, 15) is 15.2 Å². The van der Waals surface area contributed by atoms with Gasteiger partial charge < -0.3 is 10.4 Å². The minimum Gasteiger partial charge on any atom is -0.383 e. The third kappa shape index (κ3) is 3.21. The van der Waals surface area contributed by atoms with Gasteiger partial charge in [-0.25, -0.2) is 0 Å². The van der Waals surface area contributed by atoms with Crippen LogP contribution in [0, 0.1) is 21.4 Å². The molecule has 0 fully saturated rings. The molecule has 1 aromatic carbocycles. The summed E-state index contributed by atoms with van der Waals surface area (Å²) in [6.45, 7) is 1.80. The molecule has 0 saturated heterocycles. The van der Waals surface area contributed by atoms with Crippen LogP contribution in [0.4, 0.5) is 11.4 Å². The second-order valence-corrected chi connectivity index (χ2v) is 5.13. The summed E-state index contributed by atoms with van der Waals surface area (Å²) in [5.41, 5.74) is -0.276. The van der Waals surface area contributed by atoms with E-state index < -0.39 is 10.5 Å². The second kappa shape index (κ2) is 5.83. The van der Waals surface area contributed by atoms with Crippen molar-refractivity contribution in [1.82, 2.24) is 9.78 Å². The van der Waals surface area contributed by atoms with Crippen LogP contribution in [0.3, 0.4) is 0 Å². The largest absolute Gasteiger partial charge is 0.383 e. The average Bonchev–Trinajstić information content (AvgIpc) is 2.92. The van der Waals surface area contributed by atoms with Gasteiger partial charge in [-0.2, -0.15) is 10.4 Å². The lowest BCUT2D eigenvalue weighted by molar-refractivity contribution is -0.385. The van der Waals surface area contributed by atoms with Crippen molar-refractivity contribution in [3.8, 4) is 6.07 Å². The zero-order valence-electron chi connectivity index (χ0n) is 12.1. The fraction of sp³-hybridized carbons (Fsp3) is 0.286. The van der Waals surface area contributed by atoms with Crippen LogP contribution < -0.4 is 5.32 Å². The van der Waals surface area contributed by atoms with Gasteiger partial charge in [0.15, 0.2) is 0 Å². The summed E-state index contributed by atoms with van der Waals surface area (Å²) in [7, 11) is 1.75. The number of anilines is 1. The molecule has 0 aliphatic carbocycles. The van der Waals surface area contributed by atoms with Gasteiger partial charge in [0.2, 0.25) is 0 Å². The van der Waals surface area contributed by atoms with E-state index in [1.807, 2.05) is 0 Å². The summed E-state index contributed by atoms with van der Waals surface area (Å²) < 4.78 is 1.59. The van der Waals surface area contributed by atoms with Gasteiger partial charge in [0.25, 0.3) is 5.69 Å². The molecule has 8 heteroatoms. The van der Waals surface area contributed by atoms with E-state index >= 15 is 0 Å². The third-order valence-corrected chi connectivity index (χ3v) is 3.28. The van der Waals surface area contributed by atoms with Crippen molar-refractivity contribution in [2.75, 3.05) is 11.9 Å². The fourth-order valence-electron chi connectivity index (χ4n) is 1.97. The lowest BCUT2D eigenvalue weighted by atomic mass is 9.99. The molecule has 2 aromatic rings. The average molecular weight is 301 g/mol. The molecule has 0 aliphatic heterocycles. The van der Waals surface area contributed by atoms with Crippen molar-refractivity contribution in [1.29, 1.82) is 5.26 Å².